The van der Waals surface area contributed by atoms with E-state index in [1.807, 2.05) is 0 Å². The quantitative estimate of drug-likeness (QED) is 0.820. The fraction of sp³-hybridized carbons (Fsp3) is 0.667. The maximum Gasteiger partial charge on any atom is 0.248 e. The Morgan fingerprint density at radius 3 is 2.79 bits per heavy atom. The Morgan fingerprint density at radius 1 is 1.29 bits per heavy atom. The van der Waals surface area contributed by atoms with E-state index in [1.54, 1.807) is 6.07 Å². The van der Waals surface area contributed by atoms with Gasteiger partial charge in [-0.3, -0.25) is 4.90 Å². The molecule has 1 aromatic rings. The van der Waals surface area contributed by atoms with E-state index < -0.39 is 22.0 Å². The molecule has 2 aliphatic heterocycles. The topological polar surface area (TPSA) is 71.5 Å². The van der Waals surface area contributed by atoms with Crippen molar-refractivity contribution in [2.24, 2.45) is 0 Å². The maximum atomic E-state index is 13.3. The molecule has 3 heterocycles. The largest absolute Gasteiger partial charge is 0.470 e. The van der Waals surface area contributed by atoms with Gasteiger partial charge in [-0.05, 0) is 25.0 Å². The van der Waals surface area contributed by atoms with Gasteiger partial charge in [-0.15, -0.1) is 0 Å². The molecule has 9 heteroatoms. The van der Waals surface area contributed by atoms with Crippen molar-refractivity contribution < 1.29 is 21.9 Å². The van der Waals surface area contributed by atoms with Gasteiger partial charge in [0.15, 0.2) is 0 Å². The van der Waals surface area contributed by atoms with Gasteiger partial charge < -0.3 is 4.74 Å². The van der Waals surface area contributed by atoms with Crippen molar-refractivity contribution in [3.63, 3.8) is 0 Å². The summed E-state index contributed by atoms with van der Waals surface area (Å²) in [5.74, 6) is -2.46. The summed E-state index contributed by atoms with van der Waals surface area (Å²) in [5, 5.41) is 0. The lowest BCUT2D eigenvalue weighted by molar-refractivity contribution is -0.0522. The first-order valence-electron chi connectivity index (χ1n) is 8.10. The lowest BCUT2D eigenvalue weighted by Crippen LogP contribution is -2.43. The predicted molar refractivity (Wildman–Crippen MR) is 81.5 cm³/mol. The number of nitrogens with zero attached hydrogens (tertiary/aromatic N) is 2. The summed E-state index contributed by atoms with van der Waals surface area (Å²) in [6.07, 6.45) is 1.76. The van der Waals surface area contributed by atoms with Gasteiger partial charge in [0.1, 0.15) is 11.0 Å². The number of aromatic nitrogens is 1. The van der Waals surface area contributed by atoms with Gasteiger partial charge in [-0.1, -0.05) is 0 Å². The van der Waals surface area contributed by atoms with Crippen LogP contribution in [-0.2, 0) is 10.0 Å². The van der Waals surface area contributed by atoms with Crippen molar-refractivity contribution in [2.75, 3.05) is 13.1 Å². The average Bonchev–Trinajstić information content (AvgIpc) is 2.85. The summed E-state index contributed by atoms with van der Waals surface area (Å²) < 4.78 is 60.1. The highest BCUT2D eigenvalue weighted by Gasteiger charge is 2.45. The van der Waals surface area contributed by atoms with Crippen LogP contribution in [0.3, 0.4) is 0 Å². The van der Waals surface area contributed by atoms with E-state index in [-0.39, 0.29) is 35.8 Å². The number of pyridine rings is 1. The number of likely N-dealkylation sites (tertiary alicyclic amines) is 1. The first-order valence-corrected chi connectivity index (χ1v) is 9.58. The molecule has 3 aliphatic rings. The molecular formula is C15H19F2N3O3S. The molecule has 2 atom stereocenters. The van der Waals surface area contributed by atoms with Crippen LogP contribution in [0.15, 0.2) is 23.2 Å². The lowest BCUT2D eigenvalue weighted by atomic mass is 9.91. The maximum absolute atomic E-state index is 13.3. The molecule has 4 rings (SSSR count). The van der Waals surface area contributed by atoms with Gasteiger partial charge in [-0.2, -0.15) is 0 Å². The number of ether oxygens (including phenoxy) is 1. The second kappa shape index (κ2) is 5.60. The Bertz CT molecular complexity index is 733. The van der Waals surface area contributed by atoms with Crippen molar-refractivity contribution in [3.8, 4) is 5.88 Å². The van der Waals surface area contributed by atoms with Crippen LogP contribution in [0.2, 0.25) is 0 Å². The Labute approximate surface area is 139 Å². The van der Waals surface area contributed by atoms with Crippen molar-refractivity contribution in [3.05, 3.63) is 18.3 Å². The molecular weight excluding hydrogens is 340 g/mol. The highest BCUT2D eigenvalue weighted by atomic mass is 32.2. The van der Waals surface area contributed by atoms with E-state index in [0.29, 0.717) is 25.9 Å². The molecule has 24 heavy (non-hydrogen) atoms. The molecule has 2 fully saturated rings. The summed E-state index contributed by atoms with van der Waals surface area (Å²) in [7, 11) is -3.69. The molecule has 0 unspecified atom stereocenters. The van der Waals surface area contributed by atoms with Gasteiger partial charge in [-0.25, -0.2) is 26.9 Å². The van der Waals surface area contributed by atoms with Gasteiger partial charge in [0, 0.05) is 38.2 Å². The van der Waals surface area contributed by atoms with Crippen LogP contribution in [0.1, 0.15) is 25.7 Å². The fourth-order valence-corrected chi connectivity index (χ4v) is 5.14. The number of sulfonamides is 1. The molecule has 0 radical (unpaired) electrons. The Hall–Kier alpha value is -1.32. The molecule has 132 valence electrons. The zero-order chi connectivity index (χ0) is 16.9. The first kappa shape index (κ1) is 16.2. The smallest absolute Gasteiger partial charge is 0.248 e. The van der Waals surface area contributed by atoms with Gasteiger partial charge in [0.2, 0.25) is 21.8 Å². The van der Waals surface area contributed by atoms with Crippen LogP contribution < -0.4 is 9.46 Å². The molecule has 1 aromatic heterocycles. The van der Waals surface area contributed by atoms with Crippen LogP contribution in [0.4, 0.5) is 8.78 Å². The minimum absolute atomic E-state index is 0.0447. The Balaban J connectivity index is 1.53. The molecule has 0 spiro atoms. The van der Waals surface area contributed by atoms with E-state index in [9.17, 15) is 17.2 Å². The molecule has 0 bridgehead atoms. The monoisotopic (exact) mass is 359 g/mol. The Morgan fingerprint density at radius 2 is 2.04 bits per heavy atom. The summed E-state index contributed by atoms with van der Waals surface area (Å²) in [6, 6.07) is 2.67. The third-order valence-electron chi connectivity index (χ3n) is 5.09. The number of hydrogen-bond acceptors (Lipinski definition) is 5. The molecule has 6 nitrogen and oxygen atoms in total. The standard InChI is InChI=1S/C15H19F2N3O3S/c16-15(17)5-3-10(4-6-15)20-8-11-12(9-20)23-14-13(2-1-7-18-14)24(21,22)19-11/h1-2,7,10-12,19H,3-6,8-9H2/t11-,12+/m1/s1. The van der Waals surface area contributed by atoms with E-state index in [0.717, 1.165) is 0 Å². The number of nitrogens with one attached hydrogen (secondary N) is 1. The van der Waals surface area contributed by atoms with Gasteiger partial charge in [0.05, 0.1) is 6.04 Å². The van der Waals surface area contributed by atoms with Crippen LogP contribution in [0.5, 0.6) is 5.88 Å². The molecule has 1 saturated heterocycles. The van der Waals surface area contributed by atoms with Crippen LogP contribution in [0, 0.1) is 0 Å². The van der Waals surface area contributed by atoms with Crippen molar-refractivity contribution in [1.82, 2.24) is 14.6 Å². The minimum atomic E-state index is -3.69. The van der Waals surface area contributed by atoms with E-state index in [4.69, 9.17) is 4.74 Å². The highest BCUT2D eigenvalue weighted by Crippen LogP contribution is 2.37. The summed E-state index contributed by atoms with van der Waals surface area (Å²) >= 11 is 0. The van der Waals surface area contributed by atoms with Crippen molar-refractivity contribution >= 4 is 10.0 Å². The van der Waals surface area contributed by atoms with Crippen molar-refractivity contribution in [1.29, 1.82) is 0 Å². The lowest BCUT2D eigenvalue weighted by Gasteiger charge is -2.34. The summed E-state index contributed by atoms with van der Waals surface area (Å²) in [5.41, 5.74) is 0. The third kappa shape index (κ3) is 2.89. The summed E-state index contributed by atoms with van der Waals surface area (Å²) in [6.45, 7) is 0.980. The number of alkyl halides is 2. The number of rotatable bonds is 1. The van der Waals surface area contributed by atoms with E-state index >= 15 is 0 Å². The third-order valence-corrected chi connectivity index (χ3v) is 6.60. The number of hydrogen-bond donors (Lipinski definition) is 1. The van der Waals surface area contributed by atoms with E-state index in [1.165, 1.54) is 12.3 Å². The molecule has 1 saturated carbocycles. The van der Waals surface area contributed by atoms with Crippen LogP contribution in [0.25, 0.3) is 0 Å². The zero-order valence-corrected chi connectivity index (χ0v) is 13.8. The molecule has 0 amide bonds. The molecule has 0 aromatic carbocycles. The zero-order valence-electron chi connectivity index (χ0n) is 13.0. The number of halogens is 2. The van der Waals surface area contributed by atoms with Crippen LogP contribution >= 0.6 is 0 Å². The van der Waals surface area contributed by atoms with Crippen molar-refractivity contribution in [2.45, 2.75) is 54.7 Å². The highest BCUT2D eigenvalue weighted by molar-refractivity contribution is 7.89. The fourth-order valence-electron chi connectivity index (χ4n) is 3.80. The summed E-state index contributed by atoms with van der Waals surface area (Å²) in [4.78, 5) is 6.15. The average molecular weight is 359 g/mol. The SMILES string of the molecule is O=S1(=O)N[C@@H]2CN(C3CCC(F)(F)CC3)C[C@@H]2Oc2ncccc21. The van der Waals surface area contributed by atoms with Gasteiger partial charge in [0.25, 0.3) is 0 Å². The predicted octanol–water partition coefficient (Wildman–Crippen LogP) is 1.38. The molecule has 1 N–H and O–H groups in total. The molecule has 1 aliphatic carbocycles. The second-order valence-corrected chi connectivity index (χ2v) is 8.41. The second-order valence-electron chi connectivity index (χ2n) is 6.73. The van der Waals surface area contributed by atoms with E-state index in [2.05, 4.69) is 14.6 Å². The minimum Gasteiger partial charge on any atom is -0.470 e. The normalized spacial score (nSPS) is 32.4. The van der Waals surface area contributed by atoms with Crippen LogP contribution in [-0.4, -0.2) is 55.5 Å². The van der Waals surface area contributed by atoms with Gasteiger partial charge >= 0.3 is 0 Å². The Kier molecular flexibility index (Phi) is 3.77. The number of fused-ring (bicyclic) bond motifs is 2. The first-order chi connectivity index (χ1) is 11.3.